The van der Waals surface area contributed by atoms with Gasteiger partial charge in [-0.3, -0.25) is 0 Å². The molecule has 3 nitrogen and oxygen atoms in total. The highest BCUT2D eigenvalue weighted by Crippen LogP contribution is 2.36. The summed E-state index contributed by atoms with van der Waals surface area (Å²) >= 11 is 1.60. The minimum absolute atomic E-state index is 0.176. The van der Waals surface area contributed by atoms with Crippen molar-refractivity contribution in [2.75, 3.05) is 0 Å². The van der Waals surface area contributed by atoms with Gasteiger partial charge in [0.05, 0.1) is 5.39 Å². The molecule has 0 aliphatic carbocycles. The van der Waals surface area contributed by atoms with Crippen LogP contribution in [0.15, 0.2) is 24.3 Å². The van der Waals surface area contributed by atoms with Gasteiger partial charge in [0.2, 0.25) is 5.88 Å². The normalized spacial score (nSPS) is 11.0. The van der Waals surface area contributed by atoms with Gasteiger partial charge in [0.1, 0.15) is 10.7 Å². The fraction of sp³-hybridized carbons (Fsp3) is 0.200. The van der Waals surface area contributed by atoms with Crippen LogP contribution in [0.25, 0.3) is 10.2 Å². The maximum Gasteiger partial charge on any atom is 0.231 e. The van der Waals surface area contributed by atoms with Crippen LogP contribution in [-0.4, -0.2) is 9.97 Å². The first-order chi connectivity index (χ1) is 9.56. The maximum absolute atomic E-state index is 13.7. The Morgan fingerprint density at radius 3 is 2.60 bits per heavy atom. The lowest BCUT2D eigenvalue weighted by atomic mass is 10.2. The molecule has 0 aliphatic rings. The predicted octanol–water partition coefficient (Wildman–Crippen LogP) is 4.55. The Balaban J connectivity index is 2.18. The Labute approximate surface area is 120 Å². The van der Waals surface area contributed by atoms with Crippen LogP contribution in [0.3, 0.4) is 0 Å². The molecular formula is C15H13FN2OS. The Kier molecular flexibility index (Phi) is 3.14. The van der Waals surface area contributed by atoms with Crippen molar-refractivity contribution in [3.63, 3.8) is 0 Å². The first-order valence-electron chi connectivity index (χ1n) is 6.23. The van der Waals surface area contributed by atoms with Crippen LogP contribution in [-0.2, 0) is 0 Å². The summed E-state index contributed by atoms with van der Waals surface area (Å²) in [6, 6.07) is 6.32. The molecule has 20 heavy (non-hydrogen) atoms. The molecule has 0 atom stereocenters. The third-order valence-electron chi connectivity index (χ3n) is 3.15. The fourth-order valence-corrected chi connectivity index (χ4v) is 3.09. The van der Waals surface area contributed by atoms with Gasteiger partial charge in [-0.2, -0.15) is 4.98 Å². The molecule has 2 aromatic heterocycles. The summed E-state index contributed by atoms with van der Waals surface area (Å²) in [5.41, 5.74) is 1.08. The van der Waals surface area contributed by atoms with Crippen molar-refractivity contribution in [2.24, 2.45) is 0 Å². The predicted molar refractivity (Wildman–Crippen MR) is 78.1 cm³/mol. The smallest absolute Gasteiger partial charge is 0.231 e. The zero-order valence-corrected chi connectivity index (χ0v) is 12.2. The molecule has 3 rings (SSSR count). The van der Waals surface area contributed by atoms with Crippen LogP contribution in [0.1, 0.15) is 16.3 Å². The van der Waals surface area contributed by atoms with Crippen LogP contribution in [0.2, 0.25) is 0 Å². The van der Waals surface area contributed by atoms with Crippen LogP contribution in [0.4, 0.5) is 4.39 Å². The van der Waals surface area contributed by atoms with Gasteiger partial charge in [0, 0.05) is 4.88 Å². The lowest BCUT2D eigenvalue weighted by molar-refractivity contribution is 0.430. The van der Waals surface area contributed by atoms with Gasteiger partial charge in [-0.05, 0) is 38.5 Å². The first-order valence-corrected chi connectivity index (χ1v) is 7.04. The topological polar surface area (TPSA) is 35.0 Å². The van der Waals surface area contributed by atoms with Gasteiger partial charge in [-0.15, -0.1) is 11.3 Å². The highest BCUT2D eigenvalue weighted by molar-refractivity contribution is 7.18. The molecule has 0 radical (unpaired) electrons. The molecule has 0 saturated carbocycles. The average Bonchev–Trinajstić information content (AvgIpc) is 2.67. The zero-order chi connectivity index (χ0) is 14.3. The number of hydrogen-bond donors (Lipinski definition) is 0. The zero-order valence-electron chi connectivity index (χ0n) is 11.4. The SMILES string of the molecule is Cc1nc(Oc2ccccc2F)c2c(C)c(C)sc2n1. The number of nitrogens with zero attached hydrogens (tertiary/aromatic N) is 2. The van der Waals surface area contributed by atoms with E-state index in [1.54, 1.807) is 36.5 Å². The molecule has 0 spiro atoms. The van der Waals surface area contributed by atoms with Crippen molar-refractivity contribution in [1.82, 2.24) is 9.97 Å². The van der Waals surface area contributed by atoms with Gasteiger partial charge in [-0.25, -0.2) is 9.37 Å². The van der Waals surface area contributed by atoms with Gasteiger partial charge in [-0.1, -0.05) is 12.1 Å². The minimum atomic E-state index is -0.401. The van der Waals surface area contributed by atoms with E-state index in [2.05, 4.69) is 9.97 Å². The average molecular weight is 288 g/mol. The number of aromatic nitrogens is 2. The molecule has 102 valence electrons. The van der Waals surface area contributed by atoms with E-state index < -0.39 is 5.82 Å². The first kappa shape index (κ1) is 13.0. The Hall–Kier alpha value is -2.01. The van der Waals surface area contributed by atoms with Gasteiger partial charge < -0.3 is 4.74 Å². The van der Waals surface area contributed by atoms with Crippen LogP contribution >= 0.6 is 11.3 Å². The number of halogens is 1. The Morgan fingerprint density at radius 2 is 1.85 bits per heavy atom. The maximum atomic E-state index is 13.7. The van der Waals surface area contributed by atoms with Crippen molar-refractivity contribution in [3.8, 4) is 11.6 Å². The lowest BCUT2D eigenvalue weighted by Crippen LogP contribution is -1.95. The van der Waals surface area contributed by atoms with Gasteiger partial charge >= 0.3 is 0 Å². The van der Waals surface area contributed by atoms with E-state index in [4.69, 9.17) is 4.74 Å². The number of fused-ring (bicyclic) bond motifs is 1. The number of benzene rings is 1. The fourth-order valence-electron chi connectivity index (χ4n) is 2.02. The molecule has 0 fully saturated rings. The van der Waals surface area contributed by atoms with E-state index in [0.717, 1.165) is 15.8 Å². The van der Waals surface area contributed by atoms with Crippen molar-refractivity contribution < 1.29 is 9.13 Å². The monoisotopic (exact) mass is 288 g/mol. The molecule has 3 aromatic rings. The van der Waals surface area contributed by atoms with Crippen LogP contribution in [0, 0.1) is 26.6 Å². The standard InChI is InChI=1S/C15H13FN2OS/c1-8-9(2)20-15-13(8)14(17-10(3)18-15)19-12-7-5-4-6-11(12)16/h4-7H,1-3H3. The minimum Gasteiger partial charge on any atom is -0.435 e. The van der Waals surface area contributed by atoms with E-state index in [-0.39, 0.29) is 5.75 Å². The van der Waals surface area contributed by atoms with Gasteiger partial charge in [0.25, 0.3) is 0 Å². The largest absolute Gasteiger partial charge is 0.435 e. The van der Waals surface area contributed by atoms with E-state index in [0.29, 0.717) is 11.7 Å². The van der Waals surface area contributed by atoms with E-state index >= 15 is 0 Å². The molecule has 0 aliphatic heterocycles. The molecule has 0 N–H and O–H groups in total. The second kappa shape index (κ2) is 4.83. The van der Waals surface area contributed by atoms with Crippen LogP contribution < -0.4 is 4.74 Å². The van der Waals surface area contributed by atoms with Crippen molar-refractivity contribution in [3.05, 3.63) is 46.3 Å². The van der Waals surface area contributed by atoms with Gasteiger partial charge in [0.15, 0.2) is 11.6 Å². The highest BCUT2D eigenvalue weighted by atomic mass is 32.1. The number of aryl methyl sites for hydroxylation is 3. The molecule has 5 heteroatoms. The quantitative estimate of drug-likeness (QED) is 0.694. The molecule has 0 amide bonds. The second-order valence-corrected chi connectivity index (χ2v) is 5.78. The number of thiophene rings is 1. The van der Waals surface area contributed by atoms with Crippen molar-refractivity contribution in [1.29, 1.82) is 0 Å². The molecule has 0 saturated heterocycles. The Bertz CT molecular complexity index is 798. The number of ether oxygens (including phenoxy) is 1. The molecule has 0 bridgehead atoms. The third kappa shape index (κ3) is 2.14. The molecule has 0 unspecified atom stereocenters. The van der Waals surface area contributed by atoms with Crippen LogP contribution in [0.5, 0.6) is 11.6 Å². The summed E-state index contributed by atoms with van der Waals surface area (Å²) in [5.74, 6) is 0.807. The molecular weight excluding hydrogens is 275 g/mol. The number of rotatable bonds is 2. The second-order valence-electron chi connectivity index (χ2n) is 4.57. The lowest BCUT2D eigenvalue weighted by Gasteiger charge is -2.08. The van der Waals surface area contributed by atoms with E-state index in [1.165, 1.54) is 10.9 Å². The van der Waals surface area contributed by atoms with E-state index in [9.17, 15) is 4.39 Å². The summed E-state index contributed by atoms with van der Waals surface area (Å²) in [6.07, 6.45) is 0. The number of para-hydroxylation sites is 1. The summed E-state index contributed by atoms with van der Waals surface area (Å²) in [4.78, 5) is 10.8. The summed E-state index contributed by atoms with van der Waals surface area (Å²) in [5, 5.41) is 0.862. The molecule has 2 heterocycles. The van der Waals surface area contributed by atoms with Crippen molar-refractivity contribution >= 4 is 21.6 Å². The summed E-state index contributed by atoms with van der Waals surface area (Å²) in [6.45, 7) is 5.84. The third-order valence-corrected chi connectivity index (χ3v) is 4.25. The number of hydrogen-bond acceptors (Lipinski definition) is 4. The molecule has 1 aromatic carbocycles. The highest BCUT2D eigenvalue weighted by Gasteiger charge is 2.16. The van der Waals surface area contributed by atoms with Crippen molar-refractivity contribution in [2.45, 2.75) is 20.8 Å². The summed E-state index contributed by atoms with van der Waals surface area (Å²) < 4.78 is 19.4. The summed E-state index contributed by atoms with van der Waals surface area (Å²) in [7, 11) is 0. The Morgan fingerprint density at radius 1 is 1.10 bits per heavy atom. The van der Waals surface area contributed by atoms with E-state index in [1.807, 2.05) is 13.8 Å².